The van der Waals surface area contributed by atoms with Gasteiger partial charge in [-0.25, -0.2) is 8.42 Å². The van der Waals surface area contributed by atoms with Gasteiger partial charge in [0.25, 0.3) is 0 Å². The lowest BCUT2D eigenvalue weighted by Crippen LogP contribution is -2.65. The van der Waals surface area contributed by atoms with E-state index in [0.717, 1.165) is 44.8 Å². The summed E-state index contributed by atoms with van der Waals surface area (Å²) in [7, 11) is -3.06. The Kier molecular flexibility index (Phi) is 5.40. The number of nitrogens with two attached hydrogens (primary N) is 1. The molecule has 0 spiro atoms. The standard InChI is InChI=1S/C13H27N3O2S2/c1-3-15-6-4-13(11-14,5-7-15)16-8-9-19-10-12(16)20(2,17)18/h12H,3-11,14H2,1-2H3. The highest BCUT2D eigenvalue weighted by molar-refractivity contribution is 8.00. The Morgan fingerprint density at radius 1 is 1.30 bits per heavy atom. The predicted octanol–water partition coefficient (Wildman–Crippen LogP) is 0.219. The molecule has 2 fully saturated rings. The largest absolute Gasteiger partial charge is 0.329 e. The van der Waals surface area contributed by atoms with E-state index in [4.69, 9.17) is 5.73 Å². The van der Waals surface area contributed by atoms with Crippen molar-refractivity contribution in [2.75, 3.05) is 50.5 Å². The highest BCUT2D eigenvalue weighted by Crippen LogP contribution is 2.34. The van der Waals surface area contributed by atoms with E-state index in [0.29, 0.717) is 12.3 Å². The maximum atomic E-state index is 12.1. The molecule has 0 aromatic rings. The second kappa shape index (κ2) is 6.52. The number of hydrogen-bond donors (Lipinski definition) is 1. The van der Waals surface area contributed by atoms with Gasteiger partial charge < -0.3 is 10.6 Å². The summed E-state index contributed by atoms with van der Waals surface area (Å²) in [6, 6.07) is 0. The lowest BCUT2D eigenvalue weighted by molar-refractivity contribution is 0.0251. The van der Waals surface area contributed by atoms with Crippen molar-refractivity contribution in [2.45, 2.75) is 30.7 Å². The van der Waals surface area contributed by atoms with Gasteiger partial charge in [-0.2, -0.15) is 11.8 Å². The van der Waals surface area contributed by atoms with Gasteiger partial charge in [0, 0.05) is 36.4 Å². The average molecular weight is 322 g/mol. The van der Waals surface area contributed by atoms with E-state index in [1.807, 2.05) is 0 Å². The molecule has 2 N–H and O–H groups in total. The summed E-state index contributed by atoms with van der Waals surface area (Å²) < 4.78 is 24.2. The third-order valence-corrected chi connectivity index (χ3v) is 7.45. The first-order valence-corrected chi connectivity index (χ1v) is 10.5. The van der Waals surface area contributed by atoms with E-state index in [9.17, 15) is 8.42 Å². The number of thioether (sulfide) groups is 1. The third-order valence-electron chi connectivity index (χ3n) is 4.80. The van der Waals surface area contributed by atoms with Crippen molar-refractivity contribution in [3.05, 3.63) is 0 Å². The van der Waals surface area contributed by atoms with Crippen LogP contribution in [-0.4, -0.2) is 79.6 Å². The maximum absolute atomic E-state index is 12.1. The molecule has 0 saturated carbocycles. The van der Waals surface area contributed by atoms with E-state index in [1.54, 1.807) is 11.8 Å². The molecule has 0 aromatic heterocycles. The van der Waals surface area contributed by atoms with Gasteiger partial charge in [-0.05, 0) is 32.5 Å². The van der Waals surface area contributed by atoms with Crippen molar-refractivity contribution in [3.8, 4) is 0 Å². The molecule has 0 radical (unpaired) electrons. The molecule has 7 heteroatoms. The highest BCUT2D eigenvalue weighted by Gasteiger charge is 2.45. The molecule has 118 valence electrons. The molecule has 2 heterocycles. The van der Waals surface area contributed by atoms with Gasteiger partial charge in [-0.3, -0.25) is 4.90 Å². The first kappa shape index (κ1) is 16.5. The SMILES string of the molecule is CCN1CCC(CN)(N2CCSCC2S(C)(=O)=O)CC1. The van der Waals surface area contributed by atoms with Gasteiger partial charge in [0.15, 0.2) is 9.84 Å². The molecule has 2 aliphatic heterocycles. The van der Waals surface area contributed by atoms with Crippen molar-refractivity contribution in [3.63, 3.8) is 0 Å². The molecule has 0 bridgehead atoms. The van der Waals surface area contributed by atoms with Crippen LogP contribution in [0, 0.1) is 0 Å². The Balaban J connectivity index is 2.20. The zero-order valence-corrected chi connectivity index (χ0v) is 14.2. The molecule has 2 rings (SSSR count). The normalized spacial score (nSPS) is 29.4. The number of likely N-dealkylation sites (tertiary alicyclic amines) is 1. The quantitative estimate of drug-likeness (QED) is 0.799. The fourth-order valence-corrected chi connectivity index (χ4v) is 6.32. The van der Waals surface area contributed by atoms with Gasteiger partial charge in [-0.1, -0.05) is 6.92 Å². The minimum atomic E-state index is -3.06. The summed E-state index contributed by atoms with van der Waals surface area (Å²) in [5.74, 6) is 1.68. The van der Waals surface area contributed by atoms with Gasteiger partial charge in [0.2, 0.25) is 0 Å². The minimum Gasteiger partial charge on any atom is -0.329 e. The van der Waals surface area contributed by atoms with Gasteiger partial charge in [-0.15, -0.1) is 0 Å². The Morgan fingerprint density at radius 2 is 1.95 bits per heavy atom. The summed E-state index contributed by atoms with van der Waals surface area (Å²) in [4.78, 5) is 4.63. The van der Waals surface area contributed by atoms with Crippen LogP contribution in [-0.2, 0) is 9.84 Å². The molecule has 1 unspecified atom stereocenters. The van der Waals surface area contributed by atoms with Crippen LogP contribution < -0.4 is 5.73 Å². The van der Waals surface area contributed by atoms with Crippen molar-refractivity contribution < 1.29 is 8.42 Å². The average Bonchev–Trinajstić information content (AvgIpc) is 2.46. The summed E-state index contributed by atoms with van der Waals surface area (Å²) >= 11 is 1.74. The molecule has 2 aliphatic rings. The Morgan fingerprint density at radius 3 is 2.45 bits per heavy atom. The topological polar surface area (TPSA) is 66.6 Å². The number of nitrogens with zero attached hydrogens (tertiary/aromatic N) is 2. The number of piperidine rings is 1. The monoisotopic (exact) mass is 321 g/mol. The summed E-state index contributed by atoms with van der Waals surface area (Å²) in [6.07, 6.45) is 3.32. The van der Waals surface area contributed by atoms with Crippen molar-refractivity contribution in [1.82, 2.24) is 9.80 Å². The van der Waals surface area contributed by atoms with Crippen LogP contribution in [0.4, 0.5) is 0 Å². The Bertz CT molecular complexity index is 419. The summed E-state index contributed by atoms with van der Waals surface area (Å²) in [5, 5.41) is -0.363. The van der Waals surface area contributed by atoms with E-state index >= 15 is 0 Å². The van der Waals surface area contributed by atoms with Crippen LogP contribution in [0.15, 0.2) is 0 Å². The van der Waals surface area contributed by atoms with E-state index in [2.05, 4.69) is 16.7 Å². The molecular weight excluding hydrogens is 294 g/mol. The fraction of sp³-hybridized carbons (Fsp3) is 1.00. The fourth-order valence-electron chi connectivity index (χ4n) is 3.37. The van der Waals surface area contributed by atoms with Gasteiger partial charge in [0.05, 0.1) is 0 Å². The van der Waals surface area contributed by atoms with Crippen LogP contribution in [0.1, 0.15) is 19.8 Å². The summed E-state index contributed by atoms with van der Waals surface area (Å²) in [6.45, 7) is 6.67. The number of sulfone groups is 1. The molecule has 0 amide bonds. The van der Waals surface area contributed by atoms with Crippen molar-refractivity contribution in [1.29, 1.82) is 0 Å². The zero-order valence-electron chi connectivity index (χ0n) is 12.5. The zero-order chi connectivity index (χ0) is 14.8. The molecule has 2 saturated heterocycles. The van der Waals surface area contributed by atoms with Crippen molar-refractivity contribution >= 4 is 21.6 Å². The Hall–Kier alpha value is 0.180. The third kappa shape index (κ3) is 3.32. The van der Waals surface area contributed by atoms with E-state index < -0.39 is 9.84 Å². The predicted molar refractivity (Wildman–Crippen MR) is 85.8 cm³/mol. The molecular formula is C13H27N3O2S2. The van der Waals surface area contributed by atoms with E-state index in [1.165, 1.54) is 6.26 Å². The molecule has 0 aliphatic carbocycles. The maximum Gasteiger partial charge on any atom is 0.164 e. The first-order valence-electron chi connectivity index (χ1n) is 7.39. The lowest BCUT2D eigenvalue weighted by Gasteiger charge is -2.52. The van der Waals surface area contributed by atoms with E-state index in [-0.39, 0.29) is 10.9 Å². The van der Waals surface area contributed by atoms with Gasteiger partial charge in [0.1, 0.15) is 5.37 Å². The molecule has 0 aromatic carbocycles. The van der Waals surface area contributed by atoms with Crippen LogP contribution in [0.25, 0.3) is 0 Å². The van der Waals surface area contributed by atoms with Crippen LogP contribution >= 0.6 is 11.8 Å². The van der Waals surface area contributed by atoms with Crippen molar-refractivity contribution in [2.24, 2.45) is 5.73 Å². The minimum absolute atomic E-state index is 0.125. The lowest BCUT2D eigenvalue weighted by atomic mass is 9.85. The second-order valence-electron chi connectivity index (χ2n) is 5.92. The molecule has 20 heavy (non-hydrogen) atoms. The highest BCUT2D eigenvalue weighted by atomic mass is 32.2. The van der Waals surface area contributed by atoms with Crippen LogP contribution in [0.3, 0.4) is 0 Å². The number of hydrogen-bond acceptors (Lipinski definition) is 6. The molecule has 5 nitrogen and oxygen atoms in total. The Labute approximate surface area is 127 Å². The number of rotatable bonds is 4. The summed E-state index contributed by atoms with van der Waals surface area (Å²) in [5.41, 5.74) is 5.98. The van der Waals surface area contributed by atoms with Gasteiger partial charge >= 0.3 is 0 Å². The smallest absolute Gasteiger partial charge is 0.164 e. The van der Waals surface area contributed by atoms with Crippen LogP contribution in [0.5, 0.6) is 0 Å². The molecule has 1 atom stereocenters. The first-order chi connectivity index (χ1) is 9.43. The second-order valence-corrected chi connectivity index (χ2v) is 9.27. The van der Waals surface area contributed by atoms with Crippen LogP contribution in [0.2, 0.25) is 0 Å².